The zero-order chi connectivity index (χ0) is 10.5. The fraction of sp³-hybridized carbons (Fsp3) is 0.667. The molecular formula is C12H20N2S. The van der Waals surface area contributed by atoms with Gasteiger partial charge in [0, 0.05) is 32.2 Å². The first kappa shape index (κ1) is 11.1. The van der Waals surface area contributed by atoms with Crippen LogP contribution >= 0.6 is 11.3 Å². The first-order valence-corrected chi connectivity index (χ1v) is 6.79. The number of nitrogens with zero attached hydrogens (tertiary/aromatic N) is 1. The van der Waals surface area contributed by atoms with Gasteiger partial charge in [0.25, 0.3) is 0 Å². The molecule has 0 bridgehead atoms. The van der Waals surface area contributed by atoms with E-state index in [-0.39, 0.29) is 0 Å². The molecule has 2 heterocycles. The van der Waals surface area contributed by atoms with Gasteiger partial charge in [0.1, 0.15) is 0 Å². The van der Waals surface area contributed by atoms with Gasteiger partial charge >= 0.3 is 0 Å². The van der Waals surface area contributed by atoms with Crippen LogP contribution in [-0.4, -0.2) is 37.1 Å². The van der Waals surface area contributed by atoms with Crippen molar-refractivity contribution in [3.63, 3.8) is 0 Å². The van der Waals surface area contributed by atoms with Crippen LogP contribution in [0, 0.1) is 0 Å². The molecule has 2 nitrogen and oxygen atoms in total. The van der Waals surface area contributed by atoms with E-state index in [9.17, 15) is 0 Å². The molecule has 1 aromatic heterocycles. The third-order valence-corrected chi connectivity index (χ3v) is 3.86. The van der Waals surface area contributed by atoms with Gasteiger partial charge in [-0.25, -0.2) is 0 Å². The lowest BCUT2D eigenvalue weighted by Crippen LogP contribution is -2.50. The van der Waals surface area contributed by atoms with Crippen molar-refractivity contribution >= 4 is 11.3 Å². The van der Waals surface area contributed by atoms with Gasteiger partial charge < -0.3 is 10.2 Å². The standard InChI is InChI=1S/C12H20N2S/c1-2-12-9-14(7-5-13-12)6-3-11-4-8-15-10-11/h4,8,10,12-13H,2-3,5-7,9H2,1H3. The molecule has 1 aliphatic rings. The Bertz CT molecular complexity index is 271. The van der Waals surface area contributed by atoms with E-state index >= 15 is 0 Å². The lowest BCUT2D eigenvalue weighted by molar-refractivity contribution is 0.199. The summed E-state index contributed by atoms with van der Waals surface area (Å²) in [6.45, 7) is 7.07. The fourth-order valence-electron chi connectivity index (χ4n) is 2.09. The molecule has 0 radical (unpaired) electrons. The average molecular weight is 224 g/mol. The van der Waals surface area contributed by atoms with E-state index in [2.05, 4.69) is 34.0 Å². The monoisotopic (exact) mass is 224 g/mol. The van der Waals surface area contributed by atoms with Crippen LogP contribution in [0.2, 0.25) is 0 Å². The molecule has 3 heteroatoms. The molecule has 1 N–H and O–H groups in total. The molecule has 1 aromatic rings. The molecule has 0 spiro atoms. The number of thiophene rings is 1. The minimum atomic E-state index is 0.709. The second-order valence-corrected chi connectivity index (χ2v) is 5.02. The van der Waals surface area contributed by atoms with Crippen LogP contribution in [0.1, 0.15) is 18.9 Å². The van der Waals surface area contributed by atoms with E-state index in [1.165, 1.54) is 38.0 Å². The minimum Gasteiger partial charge on any atom is -0.311 e. The molecule has 0 aliphatic carbocycles. The predicted molar refractivity (Wildman–Crippen MR) is 66.5 cm³/mol. The molecule has 15 heavy (non-hydrogen) atoms. The van der Waals surface area contributed by atoms with E-state index < -0.39 is 0 Å². The lowest BCUT2D eigenvalue weighted by atomic mass is 10.1. The summed E-state index contributed by atoms with van der Waals surface area (Å²) in [5, 5.41) is 7.98. The Morgan fingerprint density at radius 1 is 1.60 bits per heavy atom. The van der Waals surface area contributed by atoms with Gasteiger partial charge in [-0.15, -0.1) is 0 Å². The van der Waals surface area contributed by atoms with Crippen molar-refractivity contribution in [1.82, 2.24) is 10.2 Å². The molecule has 1 unspecified atom stereocenters. The summed E-state index contributed by atoms with van der Waals surface area (Å²) in [4.78, 5) is 2.59. The topological polar surface area (TPSA) is 15.3 Å². The van der Waals surface area contributed by atoms with Gasteiger partial charge in [-0.1, -0.05) is 6.92 Å². The Morgan fingerprint density at radius 2 is 2.53 bits per heavy atom. The smallest absolute Gasteiger partial charge is 0.0192 e. The summed E-state index contributed by atoms with van der Waals surface area (Å²) >= 11 is 1.80. The summed E-state index contributed by atoms with van der Waals surface area (Å²) in [7, 11) is 0. The maximum atomic E-state index is 3.55. The maximum absolute atomic E-state index is 3.55. The van der Waals surface area contributed by atoms with Crippen molar-refractivity contribution < 1.29 is 0 Å². The van der Waals surface area contributed by atoms with Crippen LogP contribution in [0.3, 0.4) is 0 Å². The highest BCUT2D eigenvalue weighted by molar-refractivity contribution is 7.07. The van der Waals surface area contributed by atoms with E-state index in [1.54, 1.807) is 11.3 Å². The highest BCUT2D eigenvalue weighted by Gasteiger charge is 2.16. The molecule has 84 valence electrons. The van der Waals surface area contributed by atoms with Crippen LogP contribution in [0.25, 0.3) is 0 Å². The third kappa shape index (κ3) is 3.30. The summed E-state index contributed by atoms with van der Waals surface area (Å²) in [6, 6.07) is 2.95. The summed E-state index contributed by atoms with van der Waals surface area (Å²) in [6.07, 6.45) is 2.45. The van der Waals surface area contributed by atoms with Crippen molar-refractivity contribution in [3.05, 3.63) is 22.4 Å². The van der Waals surface area contributed by atoms with Gasteiger partial charge in [0.2, 0.25) is 0 Å². The lowest BCUT2D eigenvalue weighted by Gasteiger charge is -2.33. The Balaban J connectivity index is 1.74. The minimum absolute atomic E-state index is 0.709. The van der Waals surface area contributed by atoms with Crippen molar-refractivity contribution in [2.24, 2.45) is 0 Å². The van der Waals surface area contributed by atoms with Crippen LogP contribution in [0.4, 0.5) is 0 Å². The van der Waals surface area contributed by atoms with E-state index in [1.807, 2.05) is 0 Å². The number of hydrogen-bond donors (Lipinski definition) is 1. The number of piperazine rings is 1. The first-order valence-electron chi connectivity index (χ1n) is 5.85. The van der Waals surface area contributed by atoms with Gasteiger partial charge in [-0.05, 0) is 35.2 Å². The summed E-state index contributed by atoms with van der Waals surface area (Å²) in [5.41, 5.74) is 1.49. The van der Waals surface area contributed by atoms with Gasteiger partial charge in [0.15, 0.2) is 0 Å². The van der Waals surface area contributed by atoms with E-state index in [0.717, 1.165) is 6.54 Å². The second kappa shape index (κ2) is 5.64. The van der Waals surface area contributed by atoms with Crippen LogP contribution in [-0.2, 0) is 6.42 Å². The zero-order valence-corrected chi connectivity index (χ0v) is 10.2. The maximum Gasteiger partial charge on any atom is 0.0192 e. The van der Waals surface area contributed by atoms with Crippen molar-refractivity contribution in [1.29, 1.82) is 0 Å². The predicted octanol–water partition coefficient (Wildman–Crippen LogP) is 1.97. The van der Waals surface area contributed by atoms with E-state index in [0.29, 0.717) is 6.04 Å². The van der Waals surface area contributed by atoms with Gasteiger partial charge in [-0.2, -0.15) is 11.3 Å². The molecule has 0 saturated carbocycles. The number of hydrogen-bond acceptors (Lipinski definition) is 3. The molecule has 0 amide bonds. The van der Waals surface area contributed by atoms with E-state index in [4.69, 9.17) is 0 Å². The summed E-state index contributed by atoms with van der Waals surface area (Å²) < 4.78 is 0. The number of nitrogens with one attached hydrogen (secondary N) is 1. The third-order valence-electron chi connectivity index (χ3n) is 3.13. The first-order chi connectivity index (χ1) is 7.38. The van der Waals surface area contributed by atoms with Crippen LogP contribution < -0.4 is 5.32 Å². The zero-order valence-electron chi connectivity index (χ0n) is 9.41. The Hall–Kier alpha value is -0.380. The molecule has 0 aromatic carbocycles. The largest absolute Gasteiger partial charge is 0.311 e. The molecule has 2 rings (SSSR count). The molecule has 1 fully saturated rings. The van der Waals surface area contributed by atoms with Gasteiger partial charge in [0.05, 0.1) is 0 Å². The Morgan fingerprint density at radius 3 is 3.27 bits per heavy atom. The quantitative estimate of drug-likeness (QED) is 0.841. The van der Waals surface area contributed by atoms with Crippen molar-refractivity contribution in [3.8, 4) is 0 Å². The molecule has 1 saturated heterocycles. The van der Waals surface area contributed by atoms with Crippen LogP contribution in [0.5, 0.6) is 0 Å². The second-order valence-electron chi connectivity index (χ2n) is 4.24. The normalized spacial score (nSPS) is 23.1. The average Bonchev–Trinajstić information content (AvgIpc) is 2.79. The van der Waals surface area contributed by atoms with Crippen molar-refractivity contribution in [2.45, 2.75) is 25.8 Å². The van der Waals surface area contributed by atoms with Crippen molar-refractivity contribution in [2.75, 3.05) is 26.2 Å². The highest BCUT2D eigenvalue weighted by Crippen LogP contribution is 2.09. The Labute approximate surface area is 96.3 Å². The van der Waals surface area contributed by atoms with Gasteiger partial charge in [-0.3, -0.25) is 0 Å². The fourth-order valence-corrected chi connectivity index (χ4v) is 2.80. The molecule has 1 atom stereocenters. The SMILES string of the molecule is CCC1CN(CCc2ccsc2)CCN1. The molecule has 1 aliphatic heterocycles. The summed E-state index contributed by atoms with van der Waals surface area (Å²) in [5.74, 6) is 0. The number of rotatable bonds is 4. The Kier molecular flexibility index (Phi) is 4.18. The van der Waals surface area contributed by atoms with Crippen LogP contribution in [0.15, 0.2) is 16.8 Å². The highest BCUT2D eigenvalue weighted by atomic mass is 32.1. The molecular weight excluding hydrogens is 204 g/mol.